The topological polar surface area (TPSA) is 92.7 Å². The summed E-state index contributed by atoms with van der Waals surface area (Å²) in [5.74, 6) is -1.29. The van der Waals surface area contributed by atoms with E-state index in [9.17, 15) is 13.2 Å². The molecule has 0 saturated carbocycles. The number of benzene rings is 1. The van der Waals surface area contributed by atoms with Crippen molar-refractivity contribution in [2.75, 3.05) is 6.61 Å². The van der Waals surface area contributed by atoms with E-state index in [0.717, 1.165) is 5.56 Å². The summed E-state index contributed by atoms with van der Waals surface area (Å²) in [6.45, 7) is 0.985. The summed E-state index contributed by atoms with van der Waals surface area (Å²) in [6.07, 6.45) is 0. The average Bonchev–Trinajstić information content (AvgIpc) is 2.15. The summed E-state index contributed by atoms with van der Waals surface area (Å²) < 4.78 is 23.3. The van der Waals surface area contributed by atoms with Crippen LogP contribution < -0.4 is 4.89 Å². The Kier molecular flexibility index (Phi) is 4.47. The molecule has 8 heteroatoms. The second kappa shape index (κ2) is 5.46. The minimum atomic E-state index is -3.97. The third-order valence-corrected chi connectivity index (χ3v) is 3.44. The van der Waals surface area contributed by atoms with Gasteiger partial charge in [0.1, 0.15) is 4.90 Å². The van der Waals surface area contributed by atoms with Crippen LogP contribution in [0.25, 0.3) is 0 Å². The summed E-state index contributed by atoms with van der Waals surface area (Å²) in [4.78, 5) is 16.0. The average molecular weight is 280 g/mol. The van der Waals surface area contributed by atoms with Gasteiger partial charge in [-0.3, -0.25) is 4.84 Å². The number of rotatable bonds is 5. The summed E-state index contributed by atoms with van der Waals surface area (Å²) in [6, 6.07) is 4.36. The molecule has 0 radical (unpaired) electrons. The van der Waals surface area contributed by atoms with Crippen molar-refractivity contribution in [2.45, 2.75) is 11.8 Å². The van der Waals surface area contributed by atoms with Gasteiger partial charge < -0.3 is 5.11 Å². The number of hydrogen-bond acceptors (Lipinski definition) is 4. The molecule has 94 valence electrons. The van der Waals surface area contributed by atoms with Gasteiger partial charge in [0, 0.05) is 0 Å². The smallest absolute Gasteiger partial charge is 0.331 e. The Hall–Kier alpha value is -1.15. The van der Waals surface area contributed by atoms with Gasteiger partial charge in [0.15, 0.2) is 6.61 Å². The van der Waals surface area contributed by atoms with Gasteiger partial charge in [-0.05, 0) is 24.6 Å². The zero-order valence-electron chi connectivity index (χ0n) is 8.81. The molecule has 0 atom stereocenters. The molecule has 6 nitrogen and oxygen atoms in total. The highest BCUT2D eigenvalue weighted by molar-refractivity contribution is 7.89. The van der Waals surface area contributed by atoms with E-state index >= 15 is 0 Å². The molecule has 1 aromatic carbocycles. The Labute approximate surface area is 103 Å². The van der Waals surface area contributed by atoms with E-state index in [0.29, 0.717) is 0 Å². The third kappa shape index (κ3) is 3.97. The van der Waals surface area contributed by atoms with Gasteiger partial charge in [0.2, 0.25) is 0 Å². The number of aliphatic carboxylic acids is 1. The number of hydrogen-bond donors (Lipinski definition) is 2. The van der Waals surface area contributed by atoms with Crippen molar-refractivity contribution >= 4 is 27.6 Å². The van der Waals surface area contributed by atoms with Crippen LogP contribution in [-0.2, 0) is 19.7 Å². The molecule has 0 bridgehead atoms. The Morgan fingerprint density at radius 2 is 2.18 bits per heavy atom. The number of sulfonamides is 1. The van der Waals surface area contributed by atoms with Crippen molar-refractivity contribution in [3.8, 4) is 0 Å². The molecule has 0 aliphatic rings. The molecule has 17 heavy (non-hydrogen) atoms. The second-order valence-electron chi connectivity index (χ2n) is 3.20. The largest absolute Gasteiger partial charge is 0.479 e. The number of nitrogens with one attached hydrogen (secondary N) is 1. The fourth-order valence-corrected chi connectivity index (χ4v) is 2.44. The maximum atomic E-state index is 11.6. The van der Waals surface area contributed by atoms with E-state index in [4.69, 9.17) is 16.7 Å². The van der Waals surface area contributed by atoms with Crippen molar-refractivity contribution in [3.05, 3.63) is 28.8 Å². The Morgan fingerprint density at radius 1 is 1.53 bits per heavy atom. The molecule has 1 rings (SSSR count). The first-order valence-corrected chi connectivity index (χ1v) is 6.30. The number of halogens is 1. The van der Waals surface area contributed by atoms with Gasteiger partial charge in [0.05, 0.1) is 5.02 Å². The van der Waals surface area contributed by atoms with Crippen LogP contribution in [0.3, 0.4) is 0 Å². The van der Waals surface area contributed by atoms with Crippen LogP contribution in [0.15, 0.2) is 23.1 Å². The van der Waals surface area contributed by atoms with Crippen LogP contribution in [0.1, 0.15) is 5.56 Å². The van der Waals surface area contributed by atoms with E-state index in [1.165, 1.54) is 12.1 Å². The maximum absolute atomic E-state index is 11.6. The highest BCUT2D eigenvalue weighted by atomic mass is 35.5. The molecule has 0 unspecified atom stereocenters. The Bertz CT molecular complexity index is 528. The van der Waals surface area contributed by atoms with Crippen molar-refractivity contribution in [1.29, 1.82) is 0 Å². The third-order valence-electron chi connectivity index (χ3n) is 1.74. The van der Waals surface area contributed by atoms with Crippen molar-refractivity contribution < 1.29 is 23.2 Å². The predicted molar refractivity (Wildman–Crippen MR) is 60.1 cm³/mol. The summed E-state index contributed by atoms with van der Waals surface area (Å²) in [7, 11) is -3.97. The lowest BCUT2D eigenvalue weighted by atomic mass is 10.2. The monoisotopic (exact) mass is 279 g/mol. The molecule has 0 amide bonds. The van der Waals surface area contributed by atoms with Gasteiger partial charge in [-0.15, -0.1) is 0 Å². The molecule has 0 spiro atoms. The van der Waals surface area contributed by atoms with Gasteiger partial charge in [-0.2, -0.15) is 0 Å². The SMILES string of the molecule is Cc1ccc(S(=O)(=O)NOCC(=O)O)c(Cl)c1. The Balaban J connectivity index is 2.86. The lowest BCUT2D eigenvalue weighted by Crippen LogP contribution is -2.27. The fourth-order valence-electron chi connectivity index (χ4n) is 1.04. The molecular weight excluding hydrogens is 270 g/mol. The van der Waals surface area contributed by atoms with Crippen LogP contribution in [-0.4, -0.2) is 26.1 Å². The maximum Gasteiger partial charge on any atom is 0.331 e. The second-order valence-corrected chi connectivity index (χ2v) is 5.22. The van der Waals surface area contributed by atoms with E-state index in [-0.39, 0.29) is 9.92 Å². The first-order valence-electron chi connectivity index (χ1n) is 4.44. The first kappa shape index (κ1) is 13.9. The highest BCUT2D eigenvalue weighted by Gasteiger charge is 2.18. The molecule has 0 saturated heterocycles. The number of carboxylic acid groups (broad SMARTS) is 1. The van der Waals surface area contributed by atoms with Gasteiger partial charge >= 0.3 is 5.97 Å². The van der Waals surface area contributed by atoms with Gasteiger partial charge in [0.25, 0.3) is 10.0 Å². The lowest BCUT2D eigenvalue weighted by Gasteiger charge is -2.07. The minimum absolute atomic E-state index is 0.0384. The number of aryl methyl sites for hydroxylation is 1. The number of carbonyl (C=O) groups is 1. The van der Waals surface area contributed by atoms with Crippen molar-refractivity contribution in [1.82, 2.24) is 4.89 Å². The van der Waals surface area contributed by atoms with E-state index in [2.05, 4.69) is 4.84 Å². The summed E-state index contributed by atoms with van der Waals surface area (Å²) >= 11 is 5.76. The standard InChI is InChI=1S/C9H10ClNO5S/c1-6-2-3-8(7(10)4-6)17(14,15)11-16-5-9(12)13/h2-4,11H,5H2,1H3,(H,12,13). The van der Waals surface area contributed by atoms with Crippen LogP contribution in [0.2, 0.25) is 5.02 Å². The predicted octanol–water partition coefficient (Wildman–Crippen LogP) is 0.943. The minimum Gasteiger partial charge on any atom is -0.479 e. The van der Waals surface area contributed by atoms with Crippen LogP contribution in [0.5, 0.6) is 0 Å². The zero-order valence-corrected chi connectivity index (χ0v) is 10.4. The lowest BCUT2D eigenvalue weighted by molar-refractivity contribution is -0.143. The highest BCUT2D eigenvalue weighted by Crippen LogP contribution is 2.22. The normalized spacial score (nSPS) is 11.4. The zero-order chi connectivity index (χ0) is 13.1. The number of carboxylic acids is 1. The van der Waals surface area contributed by atoms with Gasteiger partial charge in [-0.1, -0.05) is 22.6 Å². The Morgan fingerprint density at radius 3 is 2.71 bits per heavy atom. The van der Waals surface area contributed by atoms with Gasteiger partial charge in [-0.25, -0.2) is 13.2 Å². The van der Waals surface area contributed by atoms with Crippen LogP contribution in [0, 0.1) is 6.92 Å². The summed E-state index contributed by atoms with van der Waals surface area (Å²) in [5.41, 5.74) is 0.806. The molecule has 0 heterocycles. The molecule has 0 fully saturated rings. The van der Waals surface area contributed by atoms with Crippen molar-refractivity contribution in [3.63, 3.8) is 0 Å². The van der Waals surface area contributed by atoms with Crippen molar-refractivity contribution in [2.24, 2.45) is 0 Å². The molecule has 0 aliphatic heterocycles. The van der Waals surface area contributed by atoms with Crippen LogP contribution in [0.4, 0.5) is 0 Å². The first-order chi connectivity index (χ1) is 7.83. The molecular formula is C9H10ClNO5S. The molecule has 0 aliphatic carbocycles. The molecule has 0 aromatic heterocycles. The quantitative estimate of drug-likeness (QED) is 0.783. The molecule has 2 N–H and O–H groups in total. The van der Waals surface area contributed by atoms with E-state index in [1.54, 1.807) is 17.9 Å². The summed E-state index contributed by atoms with van der Waals surface area (Å²) in [5, 5.41) is 8.32. The van der Waals surface area contributed by atoms with E-state index < -0.39 is 22.6 Å². The van der Waals surface area contributed by atoms with Crippen LogP contribution >= 0.6 is 11.6 Å². The molecule has 1 aromatic rings. The fraction of sp³-hybridized carbons (Fsp3) is 0.222. The van der Waals surface area contributed by atoms with E-state index in [1.807, 2.05) is 0 Å².